The smallest absolute Gasteiger partial charge is 0.405 e. The Bertz CT molecular complexity index is 1050. The summed E-state index contributed by atoms with van der Waals surface area (Å²) in [5, 5.41) is 22.1. The van der Waals surface area contributed by atoms with E-state index in [-0.39, 0.29) is 25.9 Å². The molecule has 3 rings (SSSR count). The third kappa shape index (κ3) is 6.05. The Hall–Kier alpha value is -3.71. The average molecular weight is 534 g/mol. The van der Waals surface area contributed by atoms with Crippen LogP contribution in [0.25, 0.3) is 0 Å². The van der Waals surface area contributed by atoms with Crippen molar-refractivity contribution in [3.63, 3.8) is 0 Å². The highest BCUT2D eigenvalue weighted by Gasteiger charge is 2.53. The van der Waals surface area contributed by atoms with Gasteiger partial charge in [-0.05, 0) is 38.2 Å². The number of nitrogens with one attached hydrogen (secondary N) is 1. The van der Waals surface area contributed by atoms with Gasteiger partial charge in [0.2, 0.25) is 23.8 Å². The summed E-state index contributed by atoms with van der Waals surface area (Å²) in [6, 6.07) is 6.72. The molecule has 13 nitrogen and oxygen atoms in total. The van der Waals surface area contributed by atoms with E-state index < -0.39 is 66.2 Å². The van der Waals surface area contributed by atoms with Crippen LogP contribution in [0.5, 0.6) is 0 Å². The van der Waals surface area contributed by atoms with Gasteiger partial charge in [0.25, 0.3) is 5.91 Å². The molecule has 1 aromatic carbocycles. The first-order valence-electron chi connectivity index (χ1n) is 12.5. The van der Waals surface area contributed by atoms with Gasteiger partial charge in [-0.3, -0.25) is 19.2 Å². The maximum atomic E-state index is 14.0. The quantitative estimate of drug-likeness (QED) is 0.236. The Morgan fingerprint density at radius 3 is 2.39 bits per heavy atom. The molecule has 208 valence electrons. The second-order valence-electron chi connectivity index (χ2n) is 9.68. The fourth-order valence-corrected chi connectivity index (χ4v) is 5.30. The van der Waals surface area contributed by atoms with Crippen molar-refractivity contribution in [2.24, 2.45) is 11.5 Å². The zero-order chi connectivity index (χ0) is 28.0. The molecule has 1 aromatic rings. The minimum atomic E-state index is -1.56. The van der Waals surface area contributed by atoms with Crippen molar-refractivity contribution >= 4 is 29.7 Å². The molecule has 2 saturated heterocycles. The number of amides is 5. The fraction of sp³-hybridized carbons (Fsp3) is 0.560. The molecule has 7 N–H and O–H groups in total. The number of nitrogens with two attached hydrogens (primary N) is 2. The summed E-state index contributed by atoms with van der Waals surface area (Å²) >= 11 is 0. The number of aliphatic hydroxyl groups is 2. The number of carbonyl (C=O) groups is 5. The monoisotopic (exact) mass is 533 g/mol. The molecule has 1 unspecified atom stereocenters. The first-order chi connectivity index (χ1) is 18.0. The third-order valence-electron chi connectivity index (χ3n) is 7.11. The van der Waals surface area contributed by atoms with E-state index in [1.54, 1.807) is 12.1 Å². The molecule has 0 aliphatic carbocycles. The maximum absolute atomic E-state index is 14.0. The topological polar surface area (TPSA) is 206 Å². The van der Waals surface area contributed by atoms with E-state index in [9.17, 15) is 34.2 Å². The van der Waals surface area contributed by atoms with Crippen LogP contribution in [0.15, 0.2) is 30.3 Å². The van der Waals surface area contributed by atoms with Gasteiger partial charge in [0.05, 0.1) is 12.7 Å². The van der Waals surface area contributed by atoms with E-state index in [4.69, 9.17) is 16.2 Å². The lowest BCUT2D eigenvalue weighted by Crippen LogP contribution is -2.65. The number of primary amides is 2. The van der Waals surface area contributed by atoms with Crippen molar-refractivity contribution in [2.45, 2.75) is 68.9 Å². The van der Waals surface area contributed by atoms with Gasteiger partial charge in [-0.15, -0.1) is 0 Å². The van der Waals surface area contributed by atoms with Crippen molar-refractivity contribution in [1.82, 2.24) is 15.1 Å². The van der Waals surface area contributed by atoms with Crippen LogP contribution in [-0.2, 0) is 30.3 Å². The van der Waals surface area contributed by atoms with E-state index in [1.807, 2.05) is 18.2 Å². The van der Waals surface area contributed by atoms with Gasteiger partial charge in [-0.2, -0.15) is 0 Å². The molecule has 0 spiro atoms. The van der Waals surface area contributed by atoms with E-state index in [2.05, 4.69) is 5.32 Å². The van der Waals surface area contributed by atoms with Gasteiger partial charge >= 0.3 is 6.09 Å². The lowest BCUT2D eigenvalue weighted by molar-refractivity contribution is -0.155. The third-order valence-corrected chi connectivity index (χ3v) is 7.11. The highest BCUT2D eigenvalue weighted by molar-refractivity contribution is 5.98. The summed E-state index contributed by atoms with van der Waals surface area (Å²) in [5.41, 5.74) is 9.76. The van der Waals surface area contributed by atoms with E-state index in [1.165, 1.54) is 16.7 Å². The van der Waals surface area contributed by atoms with E-state index in [0.717, 1.165) is 5.56 Å². The SMILES string of the molecule is C[C@@H](O)[C@H](NC(=O)C1(Cc2ccccc2)CCCN1C(=O)[C@@H]1CCCN1C(=O)[C@H](CO)OC(N)=O)C(N)=O. The highest BCUT2D eigenvalue weighted by Crippen LogP contribution is 2.36. The van der Waals surface area contributed by atoms with Crippen LogP contribution in [0.1, 0.15) is 38.2 Å². The van der Waals surface area contributed by atoms with Gasteiger partial charge in [0, 0.05) is 19.5 Å². The molecule has 2 aliphatic heterocycles. The molecule has 5 amide bonds. The number of ether oxygens (including phenoxy) is 1. The van der Waals surface area contributed by atoms with Gasteiger partial charge in [0.15, 0.2) is 0 Å². The lowest BCUT2D eigenvalue weighted by atomic mass is 9.86. The largest absolute Gasteiger partial charge is 0.434 e. The fourth-order valence-electron chi connectivity index (χ4n) is 5.30. The van der Waals surface area contributed by atoms with Gasteiger partial charge < -0.3 is 41.5 Å². The van der Waals surface area contributed by atoms with Crippen molar-refractivity contribution < 1.29 is 38.9 Å². The summed E-state index contributed by atoms with van der Waals surface area (Å²) in [7, 11) is 0. The van der Waals surface area contributed by atoms with Crippen molar-refractivity contribution in [1.29, 1.82) is 0 Å². The number of carbonyl (C=O) groups excluding carboxylic acids is 5. The standard InChI is InChI=1S/C25H35N5O8/c1-15(32)19(20(26)33)28-23(36)25(13-16-7-3-2-4-8-16)10-6-12-30(25)21(34)17-9-5-11-29(17)22(35)18(14-31)38-24(27)37/h2-4,7-8,15,17-19,31-32H,5-6,9-14H2,1H3,(H2,26,33)(H2,27,37)(H,28,36)/t15-,17+,18+,19+,25?/m1/s1. The number of rotatable bonds is 10. The predicted molar refractivity (Wildman–Crippen MR) is 133 cm³/mol. The predicted octanol–water partition coefficient (Wildman–Crippen LogP) is -1.61. The first kappa shape index (κ1) is 28.9. The molecule has 0 saturated carbocycles. The minimum Gasteiger partial charge on any atom is -0.434 e. The number of hydrogen-bond donors (Lipinski definition) is 5. The Morgan fingerprint density at radius 1 is 1.13 bits per heavy atom. The molecule has 5 atom stereocenters. The van der Waals surface area contributed by atoms with Gasteiger partial charge in [-0.1, -0.05) is 30.3 Å². The molecular weight excluding hydrogens is 498 g/mol. The van der Waals surface area contributed by atoms with Crippen LogP contribution in [0.4, 0.5) is 4.79 Å². The second-order valence-corrected chi connectivity index (χ2v) is 9.68. The van der Waals surface area contributed by atoms with Crippen LogP contribution in [0, 0.1) is 0 Å². The van der Waals surface area contributed by atoms with Crippen LogP contribution in [0.3, 0.4) is 0 Å². The zero-order valence-electron chi connectivity index (χ0n) is 21.2. The highest BCUT2D eigenvalue weighted by atomic mass is 16.6. The number of hydrogen-bond acceptors (Lipinski definition) is 8. The molecule has 0 bridgehead atoms. The van der Waals surface area contributed by atoms with Crippen LogP contribution < -0.4 is 16.8 Å². The van der Waals surface area contributed by atoms with Crippen LogP contribution >= 0.6 is 0 Å². The number of benzene rings is 1. The Morgan fingerprint density at radius 2 is 1.82 bits per heavy atom. The van der Waals surface area contributed by atoms with E-state index in [0.29, 0.717) is 19.3 Å². The van der Waals surface area contributed by atoms with Crippen molar-refractivity contribution in [3.05, 3.63) is 35.9 Å². The summed E-state index contributed by atoms with van der Waals surface area (Å²) in [6.45, 7) is 0.919. The summed E-state index contributed by atoms with van der Waals surface area (Å²) in [4.78, 5) is 66.6. The molecule has 2 fully saturated rings. The molecule has 38 heavy (non-hydrogen) atoms. The minimum absolute atomic E-state index is 0.126. The lowest BCUT2D eigenvalue weighted by Gasteiger charge is -2.41. The van der Waals surface area contributed by atoms with Gasteiger partial charge in [-0.25, -0.2) is 4.79 Å². The molecule has 0 aromatic heterocycles. The number of aliphatic hydroxyl groups excluding tert-OH is 2. The maximum Gasteiger partial charge on any atom is 0.405 e. The molecule has 2 aliphatic rings. The summed E-state index contributed by atoms with van der Waals surface area (Å²) in [6.07, 6.45) is -2.40. The zero-order valence-corrected chi connectivity index (χ0v) is 21.2. The Labute approximate surface area is 220 Å². The molecule has 2 heterocycles. The Kier molecular flexibility index (Phi) is 9.28. The molecular formula is C25H35N5O8. The van der Waals surface area contributed by atoms with Gasteiger partial charge in [0.1, 0.15) is 17.6 Å². The van der Waals surface area contributed by atoms with Crippen molar-refractivity contribution in [2.75, 3.05) is 19.7 Å². The van der Waals surface area contributed by atoms with Crippen LogP contribution in [0.2, 0.25) is 0 Å². The van der Waals surface area contributed by atoms with E-state index >= 15 is 0 Å². The van der Waals surface area contributed by atoms with Crippen molar-refractivity contribution in [3.8, 4) is 0 Å². The second kappa shape index (κ2) is 12.2. The average Bonchev–Trinajstić information content (AvgIpc) is 3.53. The Balaban J connectivity index is 1.95. The normalized spacial score (nSPS) is 23.4. The summed E-state index contributed by atoms with van der Waals surface area (Å²) < 4.78 is 4.72. The molecule has 13 heteroatoms. The first-order valence-corrected chi connectivity index (χ1v) is 12.5. The number of nitrogens with zero attached hydrogens (tertiary/aromatic N) is 2. The van der Waals surface area contributed by atoms with Crippen LogP contribution in [-0.4, -0.2) is 99.3 Å². The molecule has 0 radical (unpaired) electrons. The number of likely N-dealkylation sites (tertiary alicyclic amines) is 2. The summed E-state index contributed by atoms with van der Waals surface area (Å²) in [5.74, 6) is -2.81.